The molecule has 1 atom stereocenters. The number of nitrogens with zero attached hydrogens (tertiary/aromatic N) is 4. The van der Waals surface area contributed by atoms with Gasteiger partial charge in [-0.15, -0.1) is 0 Å². The van der Waals surface area contributed by atoms with Gasteiger partial charge in [0.1, 0.15) is 22.7 Å². The van der Waals surface area contributed by atoms with Crippen LogP contribution in [0, 0.1) is 5.82 Å². The number of nitrogens with one attached hydrogen (secondary N) is 2. The highest BCUT2D eigenvalue weighted by Gasteiger charge is 2.19. The predicted octanol–water partition coefficient (Wildman–Crippen LogP) is 1.70. The average Bonchev–Trinajstić information content (AvgIpc) is 3.27. The molecule has 0 saturated heterocycles. The minimum absolute atomic E-state index is 0.0874. The zero-order valence-corrected chi connectivity index (χ0v) is 15.9. The SMILES string of the molecule is C[C@@H](COCN)NC(=O)c1c[nH]c2ncc(-c3nn(C)c4cc(F)ccc34)nc12. The number of aryl methyl sites for hydroxylation is 1. The van der Waals surface area contributed by atoms with E-state index in [1.807, 2.05) is 6.92 Å². The fourth-order valence-electron chi connectivity index (χ4n) is 3.19. The third-order valence-corrected chi connectivity index (χ3v) is 4.54. The van der Waals surface area contributed by atoms with Crippen molar-refractivity contribution in [3.05, 3.63) is 42.0 Å². The van der Waals surface area contributed by atoms with Crippen LogP contribution in [0.1, 0.15) is 17.3 Å². The maximum atomic E-state index is 13.6. The minimum Gasteiger partial charge on any atom is -0.364 e. The van der Waals surface area contributed by atoms with Gasteiger partial charge in [0, 0.05) is 24.7 Å². The van der Waals surface area contributed by atoms with E-state index in [0.717, 1.165) is 5.39 Å². The molecule has 29 heavy (non-hydrogen) atoms. The first-order valence-corrected chi connectivity index (χ1v) is 9.03. The molecule has 9 nitrogen and oxygen atoms in total. The minimum atomic E-state index is -0.342. The summed E-state index contributed by atoms with van der Waals surface area (Å²) < 4.78 is 20.3. The molecule has 0 spiro atoms. The molecule has 150 valence electrons. The highest BCUT2D eigenvalue weighted by atomic mass is 19.1. The van der Waals surface area contributed by atoms with Crippen LogP contribution in [0.25, 0.3) is 33.5 Å². The third-order valence-electron chi connectivity index (χ3n) is 4.54. The average molecular weight is 397 g/mol. The molecular formula is C19H20FN7O2. The van der Waals surface area contributed by atoms with Gasteiger partial charge in [0.25, 0.3) is 5.91 Å². The van der Waals surface area contributed by atoms with Crippen LogP contribution in [0.2, 0.25) is 0 Å². The molecule has 0 aliphatic heterocycles. The lowest BCUT2D eigenvalue weighted by Crippen LogP contribution is -2.36. The van der Waals surface area contributed by atoms with E-state index in [-0.39, 0.29) is 24.5 Å². The summed E-state index contributed by atoms with van der Waals surface area (Å²) in [5.74, 6) is -0.644. The largest absolute Gasteiger partial charge is 0.364 e. The molecule has 1 amide bonds. The van der Waals surface area contributed by atoms with Crippen molar-refractivity contribution in [1.29, 1.82) is 0 Å². The number of aromatic amines is 1. The topological polar surface area (TPSA) is 124 Å². The van der Waals surface area contributed by atoms with Crippen LogP contribution in [0.3, 0.4) is 0 Å². The first-order valence-electron chi connectivity index (χ1n) is 9.03. The number of ether oxygens (including phenoxy) is 1. The van der Waals surface area contributed by atoms with Gasteiger partial charge >= 0.3 is 0 Å². The Morgan fingerprint density at radius 1 is 1.45 bits per heavy atom. The van der Waals surface area contributed by atoms with Gasteiger partial charge < -0.3 is 20.8 Å². The number of rotatable bonds is 6. The maximum absolute atomic E-state index is 13.6. The predicted molar refractivity (Wildman–Crippen MR) is 105 cm³/mol. The van der Waals surface area contributed by atoms with Crippen molar-refractivity contribution in [1.82, 2.24) is 30.0 Å². The molecule has 0 radical (unpaired) electrons. The second-order valence-corrected chi connectivity index (χ2v) is 6.70. The summed E-state index contributed by atoms with van der Waals surface area (Å²) in [6, 6.07) is 4.22. The first-order chi connectivity index (χ1) is 14.0. The molecular weight excluding hydrogens is 377 g/mol. The van der Waals surface area contributed by atoms with E-state index in [9.17, 15) is 9.18 Å². The summed E-state index contributed by atoms with van der Waals surface area (Å²) in [6.07, 6.45) is 3.13. The third kappa shape index (κ3) is 3.55. The second-order valence-electron chi connectivity index (χ2n) is 6.70. The van der Waals surface area contributed by atoms with E-state index in [1.165, 1.54) is 12.1 Å². The quantitative estimate of drug-likeness (QED) is 0.426. The first kappa shape index (κ1) is 19.0. The molecule has 10 heteroatoms. The number of hydrogen-bond acceptors (Lipinski definition) is 6. The van der Waals surface area contributed by atoms with Crippen molar-refractivity contribution in [2.75, 3.05) is 13.3 Å². The van der Waals surface area contributed by atoms with E-state index in [4.69, 9.17) is 10.5 Å². The van der Waals surface area contributed by atoms with E-state index >= 15 is 0 Å². The summed E-state index contributed by atoms with van der Waals surface area (Å²) in [4.78, 5) is 24.6. The molecule has 3 aromatic heterocycles. The van der Waals surface area contributed by atoms with E-state index in [1.54, 1.807) is 30.2 Å². The lowest BCUT2D eigenvalue weighted by atomic mass is 10.1. The normalized spacial score (nSPS) is 12.6. The highest BCUT2D eigenvalue weighted by Crippen LogP contribution is 2.28. The van der Waals surface area contributed by atoms with E-state index in [2.05, 4.69) is 25.4 Å². The maximum Gasteiger partial charge on any atom is 0.255 e. The van der Waals surface area contributed by atoms with Gasteiger partial charge in [0.2, 0.25) is 0 Å². The molecule has 4 aromatic rings. The van der Waals surface area contributed by atoms with Crippen LogP contribution in [0.15, 0.2) is 30.6 Å². The lowest BCUT2D eigenvalue weighted by molar-refractivity contribution is 0.0865. The molecule has 1 aromatic carbocycles. The summed E-state index contributed by atoms with van der Waals surface area (Å²) in [7, 11) is 1.73. The summed E-state index contributed by atoms with van der Waals surface area (Å²) in [6.45, 7) is 2.21. The van der Waals surface area contributed by atoms with Crippen molar-refractivity contribution >= 4 is 28.0 Å². The van der Waals surface area contributed by atoms with Crippen molar-refractivity contribution < 1.29 is 13.9 Å². The van der Waals surface area contributed by atoms with Gasteiger partial charge in [-0.1, -0.05) is 0 Å². The van der Waals surface area contributed by atoms with Gasteiger partial charge in [-0.05, 0) is 25.1 Å². The summed E-state index contributed by atoms with van der Waals surface area (Å²) in [5, 5.41) is 8.04. The van der Waals surface area contributed by atoms with Crippen LogP contribution < -0.4 is 11.1 Å². The number of nitrogens with two attached hydrogens (primary N) is 1. The van der Waals surface area contributed by atoms with E-state index < -0.39 is 0 Å². The number of benzene rings is 1. The summed E-state index contributed by atoms with van der Waals surface area (Å²) in [5.41, 5.74) is 8.27. The Morgan fingerprint density at radius 2 is 2.28 bits per heavy atom. The number of H-pyrrole nitrogens is 1. The van der Waals surface area contributed by atoms with E-state index in [0.29, 0.717) is 40.2 Å². The fourth-order valence-corrected chi connectivity index (χ4v) is 3.19. The molecule has 0 aliphatic carbocycles. The molecule has 0 saturated carbocycles. The summed E-state index contributed by atoms with van der Waals surface area (Å²) >= 11 is 0. The Morgan fingerprint density at radius 3 is 3.07 bits per heavy atom. The Bertz CT molecular complexity index is 1200. The standard InChI is InChI=1S/C19H20FN7O2/c1-10(8-29-9-21)24-19(28)13-6-22-18-17(13)25-14(7-23-18)16-12-4-3-11(20)5-15(12)27(2)26-16/h3-7,10H,8-9,21H2,1-2H3,(H,22,23)(H,24,28)/t10-/m0/s1. The lowest BCUT2D eigenvalue weighted by Gasteiger charge is -2.12. The van der Waals surface area contributed by atoms with Crippen LogP contribution in [-0.2, 0) is 11.8 Å². The Hall–Kier alpha value is -3.37. The number of carbonyl (C=O) groups is 1. The number of fused-ring (bicyclic) bond motifs is 2. The molecule has 3 heterocycles. The molecule has 0 unspecified atom stereocenters. The van der Waals surface area contributed by atoms with Gasteiger partial charge in [-0.25, -0.2) is 14.4 Å². The van der Waals surface area contributed by atoms with Gasteiger partial charge in [0.15, 0.2) is 5.65 Å². The van der Waals surface area contributed by atoms with Crippen LogP contribution in [-0.4, -0.2) is 50.0 Å². The number of halogens is 1. The van der Waals surface area contributed by atoms with Crippen LogP contribution >= 0.6 is 0 Å². The Labute approximate surface area is 165 Å². The Balaban J connectivity index is 1.72. The molecule has 0 aliphatic rings. The number of carbonyl (C=O) groups excluding carboxylic acids is 1. The number of hydrogen-bond donors (Lipinski definition) is 3. The monoisotopic (exact) mass is 397 g/mol. The number of amides is 1. The van der Waals surface area contributed by atoms with Gasteiger partial charge in [-0.2, -0.15) is 5.10 Å². The van der Waals surface area contributed by atoms with Crippen LogP contribution in [0.5, 0.6) is 0 Å². The zero-order valence-electron chi connectivity index (χ0n) is 15.9. The van der Waals surface area contributed by atoms with Crippen molar-refractivity contribution in [2.24, 2.45) is 12.8 Å². The van der Waals surface area contributed by atoms with Crippen molar-refractivity contribution in [3.8, 4) is 11.4 Å². The molecule has 0 fully saturated rings. The van der Waals surface area contributed by atoms with Gasteiger partial charge in [-0.3, -0.25) is 9.48 Å². The second kappa shape index (κ2) is 7.57. The Kier molecular flexibility index (Phi) is 4.95. The zero-order chi connectivity index (χ0) is 20.5. The fraction of sp³-hybridized carbons (Fsp3) is 0.263. The highest BCUT2D eigenvalue weighted by molar-refractivity contribution is 6.05. The smallest absolute Gasteiger partial charge is 0.255 e. The molecule has 0 bridgehead atoms. The van der Waals surface area contributed by atoms with Crippen molar-refractivity contribution in [3.63, 3.8) is 0 Å². The molecule has 4 N–H and O–H groups in total. The van der Waals surface area contributed by atoms with Gasteiger partial charge in [0.05, 0.1) is 30.6 Å². The molecule has 4 rings (SSSR count). The van der Waals surface area contributed by atoms with Crippen LogP contribution in [0.4, 0.5) is 4.39 Å². The van der Waals surface area contributed by atoms with Crippen molar-refractivity contribution in [2.45, 2.75) is 13.0 Å². The number of aromatic nitrogens is 5.